The van der Waals surface area contributed by atoms with Crippen LogP contribution in [0.1, 0.15) is 43.0 Å². The third kappa shape index (κ3) is 4.05. The molecule has 2 atom stereocenters. The Kier molecular flexibility index (Phi) is 5.06. The molecule has 1 aliphatic carbocycles. The Morgan fingerprint density at radius 3 is 2.71 bits per heavy atom. The second kappa shape index (κ2) is 6.46. The molecule has 2 rings (SSSR count). The van der Waals surface area contributed by atoms with E-state index in [1.54, 1.807) is 0 Å². The summed E-state index contributed by atoms with van der Waals surface area (Å²) in [6, 6.07) is 3.96. The Bertz CT molecular complexity index is 644. The summed E-state index contributed by atoms with van der Waals surface area (Å²) in [5, 5.41) is 9.07. The van der Waals surface area contributed by atoms with Crippen molar-refractivity contribution in [1.29, 1.82) is 0 Å². The maximum absolute atomic E-state index is 12.4. The van der Waals surface area contributed by atoms with Crippen LogP contribution in [0.15, 0.2) is 27.6 Å². The van der Waals surface area contributed by atoms with Crippen LogP contribution >= 0.6 is 15.9 Å². The van der Waals surface area contributed by atoms with Crippen molar-refractivity contribution in [3.63, 3.8) is 0 Å². The normalized spacial score (nSPS) is 23.0. The van der Waals surface area contributed by atoms with E-state index in [4.69, 9.17) is 5.11 Å². The SMILES string of the molecule is CC1CCCC(NS(=O)(=O)c2ccc(Br)c(C(=O)O)c2)C1. The van der Waals surface area contributed by atoms with Crippen LogP contribution in [-0.2, 0) is 10.0 Å². The molecular formula is C14H18BrNO4S. The average Bonchev–Trinajstić information content (AvgIpc) is 2.38. The van der Waals surface area contributed by atoms with Gasteiger partial charge in [-0.1, -0.05) is 19.8 Å². The summed E-state index contributed by atoms with van der Waals surface area (Å²) in [5.41, 5.74) is -0.0603. The summed E-state index contributed by atoms with van der Waals surface area (Å²) >= 11 is 3.11. The molecule has 0 spiro atoms. The van der Waals surface area contributed by atoms with Gasteiger partial charge in [-0.15, -0.1) is 0 Å². The fourth-order valence-electron chi connectivity index (χ4n) is 2.66. The molecule has 1 aromatic carbocycles. The van der Waals surface area contributed by atoms with Crippen molar-refractivity contribution in [2.45, 2.75) is 43.5 Å². The van der Waals surface area contributed by atoms with Crippen LogP contribution in [-0.4, -0.2) is 25.5 Å². The van der Waals surface area contributed by atoms with Gasteiger partial charge in [0.25, 0.3) is 0 Å². The monoisotopic (exact) mass is 375 g/mol. The van der Waals surface area contributed by atoms with Crippen molar-refractivity contribution in [3.8, 4) is 0 Å². The first-order chi connectivity index (χ1) is 9.79. The van der Waals surface area contributed by atoms with Gasteiger partial charge < -0.3 is 5.11 Å². The summed E-state index contributed by atoms with van der Waals surface area (Å²) in [5.74, 6) is -0.656. The highest BCUT2D eigenvalue weighted by atomic mass is 79.9. The van der Waals surface area contributed by atoms with Gasteiger partial charge >= 0.3 is 5.97 Å². The van der Waals surface area contributed by atoms with Gasteiger partial charge in [0.15, 0.2) is 0 Å². The van der Waals surface area contributed by atoms with E-state index in [0.717, 1.165) is 25.7 Å². The van der Waals surface area contributed by atoms with Gasteiger partial charge in [-0.25, -0.2) is 17.9 Å². The highest BCUT2D eigenvalue weighted by molar-refractivity contribution is 9.10. The van der Waals surface area contributed by atoms with Crippen molar-refractivity contribution in [1.82, 2.24) is 4.72 Å². The Morgan fingerprint density at radius 2 is 2.10 bits per heavy atom. The zero-order chi connectivity index (χ0) is 15.6. The predicted molar refractivity (Wildman–Crippen MR) is 82.8 cm³/mol. The standard InChI is InChI=1S/C14H18BrNO4S/c1-9-3-2-4-10(7-9)16-21(19,20)11-5-6-13(15)12(8-11)14(17)18/h5-6,8-10,16H,2-4,7H2,1H3,(H,17,18). The number of nitrogens with one attached hydrogen (secondary N) is 1. The molecule has 0 aliphatic heterocycles. The van der Waals surface area contributed by atoms with Crippen LogP contribution in [0.25, 0.3) is 0 Å². The van der Waals surface area contributed by atoms with Gasteiger partial charge in [0.1, 0.15) is 0 Å². The van der Waals surface area contributed by atoms with Crippen molar-refractivity contribution in [2.75, 3.05) is 0 Å². The molecule has 2 N–H and O–H groups in total. The highest BCUT2D eigenvalue weighted by Crippen LogP contribution is 2.26. The number of rotatable bonds is 4. The van der Waals surface area contributed by atoms with Crippen LogP contribution < -0.4 is 4.72 Å². The van der Waals surface area contributed by atoms with Gasteiger partial charge in [-0.2, -0.15) is 0 Å². The van der Waals surface area contributed by atoms with Crippen LogP contribution in [0, 0.1) is 5.92 Å². The van der Waals surface area contributed by atoms with Gasteiger partial charge in [0, 0.05) is 10.5 Å². The molecule has 1 fully saturated rings. The maximum Gasteiger partial charge on any atom is 0.336 e. The van der Waals surface area contributed by atoms with E-state index in [0.29, 0.717) is 10.4 Å². The predicted octanol–water partition coefficient (Wildman–Crippen LogP) is 3.00. The van der Waals surface area contributed by atoms with Crippen molar-refractivity contribution >= 4 is 31.9 Å². The molecule has 1 aromatic rings. The second-order valence-electron chi connectivity index (χ2n) is 5.54. The number of benzene rings is 1. The van der Waals surface area contributed by atoms with Gasteiger partial charge in [-0.3, -0.25) is 0 Å². The van der Waals surface area contributed by atoms with E-state index in [-0.39, 0.29) is 16.5 Å². The van der Waals surface area contributed by atoms with Gasteiger partial charge in [0.2, 0.25) is 10.0 Å². The molecular weight excluding hydrogens is 358 g/mol. The van der Waals surface area contributed by atoms with Gasteiger partial charge in [-0.05, 0) is 52.9 Å². The summed E-state index contributed by atoms with van der Waals surface area (Å²) in [7, 11) is -3.69. The Hall–Kier alpha value is -0.920. The van der Waals surface area contributed by atoms with Gasteiger partial charge in [0.05, 0.1) is 10.5 Å². The van der Waals surface area contributed by atoms with Crippen molar-refractivity contribution < 1.29 is 18.3 Å². The molecule has 116 valence electrons. The largest absolute Gasteiger partial charge is 0.478 e. The fraction of sp³-hybridized carbons (Fsp3) is 0.500. The molecule has 0 saturated heterocycles. The summed E-state index contributed by atoms with van der Waals surface area (Å²) in [6.07, 6.45) is 3.78. The average molecular weight is 376 g/mol. The van der Waals surface area contributed by atoms with Crippen molar-refractivity contribution in [2.24, 2.45) is 5.92 Å². The molecule has 0 aromatic heterocycles. The lowest BCUT2D eigenvalue weighted by Gasteiger charge is -2.27. The lowest BCUT2D eigenvalue weighted by Crippen LogP contribution is -2.38. The zero-order valence-electron chi connectivity index (χ0n) is 11.7. The molecule has 21 heavy (non-hydrogen) atoms. The van der Waals surface area contributed by atoms with Crippen LogP contribution in [0.3, 0.4) is 0 Å². The second-order valence-corrected chi connectivity index (χ2v) is 8.11. The maximum atomic E-state index is 12.4. The molecule has 1 saturated carbocycles. The highest BCUT2D eigenvalue weighted by Gasteiger charge is 2.25. The number of aromatic carboxylic acids is 1. The first-order valence-electron chi connectivity index (χ1n) is 6.85. The van der Waals surface area contributed by atoms with Crippen molar-refractivity contribution in [3.05, 3.63) is 28.2 Å². The minimum absolute atomic E-state index is 0.0127. The summed E-state index contributed by atoms with van der Waals surface area (Å²) in [4.78, 5) is 11.1. The number of carboxylic acid groups (broad SMARTS) is 1. The molecule has 0 heterocycles. The minimum atomic E-state index is -3.69. The third-order valence-corrected chi connectivity index (χ3v) is 5.95. The number of carboxylic acids is 1. The molecule has 0 amide bonds. The van der Waals surface area contributed by atoms with E-state index >= 15 is 0 Å². The number of halogens is 1. The molecule has 5 nitrogen and oxygen atoms in total. The molecule has 0 bridgehead atoms. The smallest absolute Gasteiger partial charge is 0.336 e. The molecule has 2 unspecified atom stereocenters. The van der Waals surface area contributed by atoms with E-state index in [1.807, 2.05) is 0 Å². The lowest BCUT2D eigenvalue weighted by atomic mass is 9.88. The quantitative estimate of drug-likeness (QED) is 0.846. The first kappa shape index (κ1) is 16.5. The summed E-state index contributed by atoms with van der Waals surface area (Å²) in [6.45, 7) is 2.11. The summed E-state index contributed by atoms with van der Waals surface area (Å²) < 4.78 is 27.8. The number of sulfonamides is 1. The van der Waals surface area contributed by atoms with E-state index in [9.17, 15) is 13.2 Å². The first-order valence-corrected chi connectivity index (χ1v) is 9.12. The van der Waals surface area contributed by atoms with E-state index in [1.165, 1.54) is 18.2 Å². The van der Waals surface area contributed by atoms with E-state index in [2.05, 4.69) is 27.6 Å². The van der Waals surface area contributed by atoms with Crippen LogP contribution in [0.4, 0.5) is 0 Å². The molecule has 0 radical (unpaired) electrons. The number of hydrogen-bond acceptors (Lipinski definition) is 3. The fourth-order valence-corrected chi connectivity index (χ4v) is 4.39. The van der Waals surface area contributed by atoms with E-state index < -0.39 is 16.0 Å². The zero-order valence-corrected chi connectivity index (χ0v) is 14.1. The Labute approximate surface area is 132 Å². The lowest BCUT2D eigenvalue weighted by molar-refractivity contribution is 0.0695. The number of carbonyl (C=O) groups is 1. The Balaban J connectivity index is 2.23. The topological polar surface area (TPSA) is 83.5 Å². The molecule has 1 aliphatic rings. The Morgan fingerprint density at radius 1 is 1.38 bits per heavy atom. The van der Waals surface area contributed by atoms with Crippen LogP contribution in [0.2, 0.25) is 0 Å². The third-order valence-electron chi connectivity index (χ3n) is 3.74. The minimum Gasteiger partial charge on any atom is -0.478 e. The molecule has 7 heteroatoms. The van der Waals surface area contributed by atoms with Crippen LogP contribution in [0.5, 0.6) is 0 Å². The number of hydrogen-bond donors (Lipinski definition) is 2.